The SMILES string of the molecule is CC(C)(COc1ccc(CSC2NC(=O)CC2=O)cc1)c1ccccc1. The number of hydrogen-bond acceptors (Lipinski definition) is 4. The first-order valence-corrected chi connectivity index (χ1v) is 9.70. The summed E-state index contributed by atoms with van der Waals surface area (Å²) >= 11 is 1.45. The van der Waals surface area contributed by atoms with Crippen molar-refractivity contribution in [1.82, 2.24) is 5.32 Å². The Labute approximate surface area is 158 Å². The van der Waals surface area contributed by atoms with E-state index in [-0.39, 0.29) is 23.5 Å². The zero-order chi connectivity index (χ0) is 18.6. The minimum Gasteiger partial charge on any atom is -0.493 e. The van der Waals surface area contributed by atoms with Crippen LogP contribution in [0.2, 0.25) is 0 Å². The van der Waals surface area contributed by atoms with Gasteiger partial charge in [0.2, 0.25) is 5.91 Å². The van der Waals surface area contributed by atoms with E-state index >= 15 is 0 Å². The topological polar surface area (TPSA) is 55.4 Å². The van der Waals surface area contributed by atoms with Crippen LogP contribution >= 0.6 is 11.8 Å². The predicted octanol–water partition coefficient (Wildman–Crippen LogP) is 3.69. The summed E-state index contributed by atoms with van der Waals surface area (Å²) in [6.45, 7) is 4.92. The lowest BCUT2D eigenvalue weighted by molar-refractivity contribution is -0.122. The van der Waals surface area contributed by atoms with Crippen molar-refractivity contribution in [3.05, 3.63) is 65.7 Å². The number of thioether (sulfide) groups is 1. The molecule has 1 N–H and O–H groups in total. The van der Waals surface area contributed by atoms with Gasteiger partial charge >= 0.3 is 0 Å². The average Bonchev–Trinajstić information content (AvgIpc) is 2.97. The number of ether oxygens (including phenoxy) is 1. The van der Waals surface area contributed by atoms with Crippen molar-refractivity contribution in [1.29, 1.82) is 0 Å². The maximum Gasteiger partial charge on any atom is 0.228 e. The molecule has 1 atom stereocenters. The molecule has 2 aromatic rings. The molecule has 1 aliphatic heterocycles. The molecule has 1 aliphatic rings. The van der Waals surface area contributed by atoms with Gasteiger partial charge in [-0.05, 0) is 23.3 Å². The average molecular weight is 369 g/mol. The van der Waals surface area contributed by atoms with Crippen molar-refractivity contribution in [2.75, 3.05) is 6.61 Å². The van der Waals surface area contributed by atoms with E-state index < -0.39 is 5.37 Å². The van der Waals surface area contributed by atoms with E-state index in [2.05, 4.69) is 31.3 Å². The fourth-order valence-electron chi connectivity index (χ4n) is 2.76. The zero-order valence-electron chi connectivity index (χ0n) is 15.0. The summed E-state index contributed by atoms with van der Waals surface area (Å²) in [5.41, 5.74) is 2.27. The monoisotopic (exact) mass is 369 g/mol. The smallest absolute Gasteiger partial charge is 0.228 e. The second-order valence-electron chi connectivity index (χ2n) is 7.08. The van der Waals surface area contributed by atoms with E-state index in [9.17, 15) is 9.59 Å². The fraction of sp³-hybridized carbons (Fsp3) is 0.333. The van der Waals surface area contributed by atoms with E-state index in [0.29, 0.717) is 12.4 Å². The maximum absolute atomic E-state index is 11.6. The van der Waals surface area contributed by atoms with Gasteiger partial charge in [0.05, 0.1) is 13.0 Å². The lowest BCUT2D eigenvalue weighted by Gasteiger charge is -2.25. The van der Waals surface area contributed by atoms with Crippen molar-refractivity contribution in [2.24, 2.45) is 0 Å². The van der Waals surface area contributed by atoms with Crippen molar-refractivity contribution < 1.29 is 14.3 Å². The highest BCUT2D eigenvalue weighted by atomic mass is 32.2. The van der Waals surface area contributed by atoms with E-state index in [1.807, 2.05) is 42.5 Å². The molecule has 0 saturated carbocycles. The number of ketones is 1. The number of nitrogens with one attached hydrogen (secondary N) is 1. The first-order chi connectivity index (χ1) is 12.4. The molecule has 0 bridgehead atoms. The standard InChI is InChI=1S/C21H23NO3S/c1-21(2,16-6-4-3-5-7-16)14-25-17-10-8-15(9-11-17)13-26-20-18(23)12-19(24)22-20/h3-11,20H,12-14H2,1-2H3,(H,22,24). The van der Waals surface area contributed by atoms with Gasteiger partial charge in [0.25, 0.3) is 0 Å². The van der Waals surface area contributed by atoms with Gasteiger partial charge in [0, 0.05) is 11.2 Å². The highest BCUT2D eigenvalue weighted by Crippen LogP contribution is 2.26. The molecule has 1 saturated heterocycles. The van der Waals surface area contributed by atoms with Gasteiger partial charge in [-0.3, -0.25) is 9.59 Å². The molecule has 0 aromatic heterocycles. The summed E-state index contributed by atoms with van der Waals surface area (Å²) in [7, 11) is 0. The number of carbonyl (C=O) groups excluding carboxylic acids is 2. The Morgan fingerprint density at radius 1 is 1.08 bits per heavy atom. The number of carbonyl (C=O) groups is 2. The Morgan fingerprint density at radius 2 is 1.77 bits per heavy atom. The van der Waals surface area contributed by atoms with E-state index in [1.54, 1.807) is 0 Å². The molecular formula is C21H23NO3S. The van der Waals surface area contributed by atoms with Crippen LogP contribution in [0, 0.1) is 0 Å². The summed E-state index contributed by atoms with van der Waals surface area (Å²) in [4.78, 5) is 22.8. The van der Waals surface area contributed by atoms with Gasteiger partial charge in [-0.1, -0.05) is 56.3 Å². The number of Topliss-reactive ketones (excluding diaryl/α,β-unsaturated/α-hetero) is 1. The second-order valence-corrected chi connectivity index (χ2v) is 8.18. The van der Waals surface area contributed by atoms with E-state index in [4.69, 9.17) is 4.74 Å². The third-order valence-corrected chi connectivity index (χ3v) is 5.63. The molecule has 0 aliphatic carbocycles. The first-order valence-electron chi connectivity index (χ1n) is 8.65. The summed E-state index contributed by atoms with van der Waals surface area (Å²) in [5.74, 6) is 1.28. The van der Waals surface area contributed by atoms with E-state index in [0.717, 1.165) is 11.3 Å². The van der Waals surface area contributed by atoms with Crippen molar-refractivity contribution in [2.45, 2.75) is 36.8 Å². The third kappa shape index (κ3) is 4.67. The van der Waals surface area contributed by atoms with Crippen LogP contribution in [0.4, 0.5) is 0 Å². The van der Waals surface area contributed by atoms with Crippen LogP contribution in [0.3, 0.4) is 0 Å². The van der Waals surface area contributed by atoms with Gasteiger partial charge in [-0.15, -0.1) is 11.8 Å². The lowest BCUT2D eigenvalue weighted by Crippen LogP contribution is -2.26. The Bertz CT molecular complexity index is 772. The van der Waals surface area contributed by atoms with Crippen LogP contribution in [0.5, 0.6) is 5.75 Å². The molecule has 1 heterocycles. The number of amides is 1. The van der Waals surface area contributed by atoms with Crippen molar-refractivity contribution in [3.63, 3.8) is 0 Å². The summed E-state index contributed by atoms with van der Waals surface area (Å²) in [5, 5.41) is 2.28. The quantitative estimate of drug-likeness (QED) is 0.756. The largest absolute Gasteiger partial charge is 0.493 e. The maximum atomic E-state index is 11.6. The van der Waals surface area contributed by atoms with Gasteiger partial charge in [-0.25, -0.2) is 0 Å². The summed E-state index contributed by atoms with van der Waals surface area (Å²) in [6, 6.07) is 18.2. The van der Waals surface area contributed by atoms with Crippen LogP contribution in [-0.4, -0.2) is 23.7 Å². The molecule has 3 rings (SSSR count). The Morgan fingerprint density at radius 3 is 2.38 bits per heavy atom. The zero-order valence-corrected chi connectivity index (χ0v) is 15.8. The van der Waals surface area contributed by atoms with Crippen molar-refractivity contribution in [3.8, 4) is 5.75 Å². The second kappa shape index (κ2) is 7.96. The molecule has 4 nitrogen and oxygen atoms in total. The van der Waals surface area contributed by atoms with Crippen LogP contribution < -0.4 is 10.1 Å². The molecule has 1 amide bonds. The molecule has 0 radical (unpaired) electrons. The number of rotatable bonds is 7. The fourth-order valence-corrected chi connectivity index (χ4v) is 3.80. The van der Waals surface area contributed by atoms with Gasteiger partial charge in [0.15, 0.2) is 5.78 Å². The number of hydrogen-bond donors (Lipinski definition) is 1. The van der Waals surface area contributed by atoms with Crippen LogP contribution in [0.15, 0.2) is 54.6 Å². The van der Waals surface area contributed by atoms with Crippen LogP contribution in [-0.2, 0) is 20.8 Å². The summed E-state index contributed by atoms with van der Waals surface area (Å²) in [6.07, 6.45) is 0.00163. The molecule has 1 fully saturated rings. The molecule has 5 heteroatoms. The van der Waals surface area contributed by atoms with Gasteiger partial charge in [0.1, 0.15) is 11.1 Å². The van der Waals surface area contributed by atoms with E-state index in [1.165, 1.54) is 17.3 Å². The highest BCUT2D eigenvalue weighted by Gasteiger charge is 2.30. The third-order valence-electron chi connectivity index (χ3n) is 4.41. The predicted molar refractivity (Wildman–Crippen MR) is 104 cm³/mol. The minimum atomic E-state index is -0.412. The lowest BCUT2D eigenvalue weighted by atomic mass is 9.86. The molecule has 136 valence electrons. The Hall–Kier alpha value is -2.27. The summed E-state index contributed by atoms with van der Waals surface area (Å²) < 4.78 is 5.97. The molecule has 26 heavy (non-hydrogen) atoms. The highest BCUT2D eigenvalue weighted by molar-refractivity contribution is 7.99. The minimum absolute atomic E-state index is 0.00163. The molecular weight excluding hydrogens is 346 g/mol. The molecule has 1 unspecified atom stereocenters. The Kier molecular flexibility index (Phi) is 5.67. The Balaban J connectivity index is 1.51. The molecule has 0 spiro atoms. The number of benzene rings is 2. The van der Waals surface area contributed by atoms with Gasteiger partial charge < -0.3 is 10.1 Å². The first kappa shape index (κ1) is 18.5. The van der Waals surface area contributed by atoms with Gasteiger partial charge in [-0.2, -0.15) is 0 Å². The van der Waals surface area contributed by atoms with Crippen LogP contribution in [0.1, 0.15) is 31.4 Å². The van der Waals surface area contributed by atoms with Crippen molar-refractivity contribution >= 4 is 23.5 Å². The van der Waals surface area contributed by atoms with Crippen LogP contribution in [0.25, 0.3) is 0 Å². The molecule has 2 aromatic carbocycles. The normalized spacial score (nSPS) is 17.2.